The van der Waals surface area contributed by atoms with E-state index in [1.807, 2.05) is 0 Å². The summed E-state index contributed by atoms with van der Waals surface area (Å²) in [6, 6.07) is 3.92. The molecule has 20 heavy (non-hydrogen) atoms. The van der Waals surface area contributed by atoms with E-state index in [4.69, 9.17) is 4.74 Å². The second-order valence-corrected chi connectivity index (χ2v) is 5.40. The topological polar surface area (TPSA) is 41.5 Å². The van der Waals surface area contributed by atoms with Crippen LogP contribution in [0.1, 0.15) is 32.6 Å². The molecule has 2 N–H and O–H groups in total. The molecule has 5 heteroatoms. The summed E-state index contributed by atoms with van der Waals surface area (Å²) < 4.78 is 32.3. The number of nitrogens with one attached hydrogen (secondary N) is 1. The molecule has 1 aromatic carbocycles. The third kappa shape index (κ3) is 3.27. The Balaban J connectivity index is 2.00. The minimum atomic E-state index is -0.949. The normalized spacial score (nSPS) is 25.9. The fraction of sp³-hybridized carbons (Fsp3) is 0.600. The van der Waals surface area contributed by atoms with E-state index in [0.29, 0.717) is 12.8 Å². The average molecular weight is 285 g/mol. The molecule has 0 radical (unpaired) electrons. The lowest BCUT2D eigenvalue weighted by Gasteiger charge is -2.28. The number of halogens is 2. The Kier molecular flexibility index (Phi) is 4.94. The van der Waals surface area contributed by atoms with Crippen molar-refractivity contribution in [3.05, 3.63) is 29.8 Å². The Hall–Kier alpha value is -1.20. The van der Waals surface area contributed by atoms with Gasteiger partial charge < -0.3 is 15.2 Å². The first-order valence-corrected chi connectivity index (χ1v) is 7.07. The van der Waals surface area contributed by atoms with Gasteiger partial charge in [-0.1, -0.05) is 13.0 Å². The highest BCUT2D eigenvalue weighted by Gasteiger charge is 2.39. The molecule has 2 unspecified atom stereocenters. The largest absolute Gasteiger partial charge is 0.487 e. The minimum Gasteiger partial charge on any atom is -0.487 e. The monoisotopic (exact) mass is 285 g/mol. The molecule has 0 heterocycles. The van der Waals surface area contributed by atoms with Gasteiger partial charge in [0.1, 0.15) is 6.10 Å². The van der Waals surface area contributed by atoms with Crippen LogP contribution in [-0.2, 0) is 0 Å². The van der Waals surface area contributed by atoms with Gasteiger partial charge >= 0.3 is 0 Å². The van der Waals surface area contributed by atoms with Crippen molar-refractivity contribution < 1.29 is 18.6 Å². The lowest BCUT2D eigenvalue weighted by molar-refractivity contribution is 0.138. The molecule has 0 amide bonds. The van der Waals surface area contributed by atoms with Crippen LogP contribution in [0.3, 0.4) is 0 Å². The van der Waals surface area contributed by atoms with Gasteiger partial charge in [-0.3, -0.25) is 0 Å². The second kappa shape index (κ2) is 6.50. The summed E-state index contributed by atoms with van der Waals surface area (Å²) in [5.74, 6) is -1.91. The number of ether oxygens (including phenoxy) is 1. The van der Waals surface area contributed by atoms with Crippen LogP contribution in [0.2, 0.25) is 0 Å². The second-order valence-electron chi connectivity index (χ2n) is 5.40. The van der Waals surface area contributed by atoms with Crippen LogP contribution in [-0.4, -0.2) is 29.9 Å². The van der Waals surface area contributed by atoms with Crippen molar-refractivity contribution >= 4 is 0 Å². The number of rotatable bonds is 6. The van der Waals surface area contributed by atoms with Gasteiger partial charge in [-0.25, -0.2) is 4.39 Å². The Morgan fingerprint density at radius 1 is 1.45 bits per heavy atom. The molecule has 1 fully saturated rings. The van der Waals surface area contributed by atoms with Crippen LogP contribution in [0.4, 0.5) is 8.78 Å². The van der Waals surface area contributed by atoms with Crippen molar-refractivity contribution in [2.45, 2.75) is 44.2 Å². The molecular weight excluding hydrogens is 264 g/mol. The highest BCUT2D eigenvalue weighted by atomic mass is 19.2. The molecule has 112 valence electrons. The third-order valence-corrected chi connectivity index (χ3v) is 3.83. The van der Waals surface area contributed by atoms with E-state index in [0.717, 1.165) is 25.5 Å². The fourth-order valence-electron chi connectivity index (χ4n) is 2.68. The first-order chi connectivity index (χ1) is 9.60. The molecule has 0 bridgehead atoms. The highest BCUT2D eigenvalue weighted by molar-refractivity contribution is 5.25. The van der Waals surface area contributed by atoms with Crippen LogP contribution >= 0.6 is 0 Å². The van der Waals surface area contributed by atoms with Crippen molar-refractivity contribution in [2.75, 3.05) is 13.2 Å². The first-order valence-electron chi connectivity index (χ1n) is 7.07. The van der Waals surface area contributed by atoms with Gasteiger partial charge in [0.25, 0.3) is 0 Å². The number of aliphatic hydroxyl groups is 1. The van der Waals surface area contributed by atoms with Gasteiger partial charge in [0.05, 0.1) is 6.61 Å². The molecule has 0 saturated heterocycles. The Morgan fingerprint density at radius 3 is 2.95 bits per heavy atom. The summed E-state index contributed by atoms with van der Waals surface area (Å²) in [7, 11) is 0. The zero-order chi connectivity index (χ0) is 14.6. The van der Waals surface area contributed by atoms with Crippen LogP contribution in [0.15, 0.2) is 18.2 Å². The van der Waals surface area contributed by atoms with Gasteiger partial charge in [0, 0.05) is 12.0 Å². The molecule has 2 rings (SSSR count). The van der Waals surface area contributed by atoms with Gasteiger partial charge in [0.15, 0.2) is 11.6 Å². The van der Waals surface area contributed by atoms with Crippen LogP contribution in [0.5, 0.6) is 5.75 Å². The molecule has 0 spiro atoms. The molecule has 1 aromatic rings. The van der Waals surface area contributed by atoms with Crippen molar-refractivity contribution in [3.8, 4) is 5.75 Å². The Morgan fingerprint density at radius 2 is 2.25 bits per heavy atom. The van der Waals surface area contributed by atoms with Gasteiger partial charge in [-0.2, -0.15) is 4.39 Å². The quantitative estimate of drug-likeness (QED) is 0.844. The van der Waals surface area contributed by atoms with E-state index in [2.05, 4.69) is 12.2 Å². The van der Waals surface area contributed by atoms with Crippen molar-refractivity contribution in [1.82, 2.24) is 5.32 Å². The number of aliphatic hydroxyl groups excluding tert-OH is 1. The predicted molar refractivity (Wildman–Crippen MR) is 72.7 cm³/mol. The maximum atomic E-state index is 13.6. The van der Waals surface area contributed by atoms with Gasteiger partial charge in [0.2, 0.25) is 5.82 Å². The van der Waals surface area contributed by atoms with Crippen LogP contribution in [0, 0.1) is 11.6 Å². The zero-order valence-corrected chi connectivity index (χ0v) is 11.7. The third-order valence-electron chi connectivity index (χ3n) is 3.83. The predicted octanol–water partition coefficient (Wildman–Crippen LogP) is 2.63. The molecular formula is C15H21F2NO2. The van der Waals surface area contributed by atoms with Crippen molar-refractivity contribution in [2.24, 2.45) is 0 Å². The van der Waals surface area contributed by atoms with Gasteiger partial charge in [-0.05, 0) is 37.9 Å². The summed E-state index contributed by atoms with van der Waals surface area (Å²) in [4.78, 5) is 0. The number of hydrogen-bond donors (Lipinski definition) is 2. The highest BCUT2D eigenvalue weighted by Crippen LogP contribution is 2.33. The summed E-state index contributed by atoms with van der Waals surface area (Å²) in [5.41, 5.74) is -0.357. The summed E-state index contributed by atoms with van der Waals surface area (Å²) >= 11 is 0. The summed E-state index contributed by atoms with van der Waals surface area (Å²) in [6.07, 6.45) is 2.85. The Labute approximate surface area is 117 Å². The molecule has 0 aliphatic heterocycles. The SMILES string of the molecule is CCCNC1(CO)CCC(Oc2cccc(F)c2F)C1. The molecule has 3 nitrogen and oxygen atoms in total. The lowest BCUT2D eigenvalue weighted by atomic mass is 9.98. The van der Waals surface area contributed by atoms with Crippen molar-refractivity contribution in [1.29, 1.82) is 0 Å². The van der Waals surface area contributed by atoms with E-state index < -0.39 is 11.6 Å². The molecule has 1 aliphatic rings. The van der Waals surface area contributed by atoms with Gasteiger partial charge in [-0.15, -0.1) is 0 Å². The van der Waals surface area contributed by atoms with E-state index in [-0.39, 0.29) is 24.0 Å². The van der Waals surface area contributed by atoms with Crippen molar-refractivity contribution in [3.63, 3.8) is 0 Å². The minimum absolute atomic E-state index is 0.0263. The standard InChI is InChI=1S/C15H21F2NO2/c1-2-8-18-15(10-19)7-6-11(9-15)20-13-5-3-4-12(16)14(13)17/h3-5,11,18-19H,2,6-10H2,1H3. The van der Waals surface area contributed by atoms with E-state index >= 15 is 0 Å². The van der Waals surface area contributed by atoms with E-state index in [1.54, 1.807) is 0 Å². The number of benzene rings is 1. The number of hydrogen-bond acceptors (Lipinski definition) is 3. The van der Waals surface area contributed by atoms with E-state index in [1.165, 1.54) is 12.1 Å². The summed E-state index contributed by atoms with van der Waals surface area (Å²) in [6.45, 7) is 2.91. The lowest BCUT2D eigenvalue weighted by Crippen LogP contribution is -2.47. The van der Waals surface area contributed by atoms with Crippen LogP contribution in [0.25, 0.3) is 0 Å². The molecule has 1 aliphatic carbocycles. The maximum Gasteiger partial charge on any atom is 0.200 e. The first kappa shape index (κ1) is 15.2. The van der Waals surface area contributed by atoms with Crippen LogP contribution < -0.4 is 10.1 Å². The maximum absolute atomic E-state index is 13.6. The molecule has 2 atom stereocenters. The zero-order valence-electron chi connectivity index (χ0n) is 11.7. The molecule has 0 aromatic heterocycles. The molecule has 1 saturated carbocycles. The van der Waals surface area contributed by atoms with E-state index in [9.17, 15) is 13.9 Å². The Bertz CT molecular complexity index is 455. The summed E-state index contributed by atoms with van der Waals surface area (Å²) in [5, 5.41) is 12.9. The smallest absolute Gasteiger partial charge is 0.200 e. The average Bonchev–Trinajstić information content (AvgIpc) is 2.86. The fourth-order valence-corrected chi connectivity index (χ4v) is 2.68.